The number of amidine groups is 1. The van der Waals surface area contributed by atoms with E-state index in [9.17, 15) is 4.79 Å². The number of hydrogen-bond acceptors (Lipinski definition) is 5. The quantitative estimate of drug-likeness (QED) is 0.800. The molecule has 0 spiro atoms. The van der Waals surface area contributed by atoms with E-state index in [0.29, 0.717) is 12.4 Å². The van der Waals surface area contributed by atoms with Crippen LogP contribution in [0.5, 0.6) is 5.75 Å². The first-order valence-corrected chi connectivity index (χ1v) is 7.92. The highest BCUT2D eigenvalue weighted by molar-refractivity contribution is 6.41. The third-order valence-electron chi connectivity index (χ3n) is 3.80. The Labute approximate surface area is 138 Å². The van der Waals surface area contributed by atoms with Crippen LogP contribution in [0.1, 0.15) is 34.6 Å². The highest BCUT2D eigenvalue weighted by Crippen LogP contribution is 2.31. The van der Waals surface area contributed by atoms with Gasteiger partial charge in [0.05, 0.1) is 19.3 Å². The van der Waals surface area contributed by atoms with Gasteiger partial charge in [-0.05, 0) is 43.5 Å². The Morgan fingerprint density at radius 1 is 1.26 bits per heavy atom. The lowest BCUT2D eigenvalue weighted by molar-refractivity contribution is -0.139. The van der Waals surface area contributed by atoms with E-state index in [1.54, 1.807) is 7.11 Å². The summed E-state index contributed by atoms with van der Waals surface area (Å²) < 4.78 is 10.5. The Bertz CT molecular complexity index is 585. The van der Waals surface area contributed by atoms with Gasteiger partial charge >= 0.3 is 5.97 Å². The molecule has 0 aliphatic carbocycles. The first-order valence-electron chi connectivity index (χ1n) is 7.92. The molecule has 0 aromatic heterocycles. The van der Waals surface area contributed by atoms with E-state index in [1.165, 1.54) is 0 Å². The van der Waals surface area contributed by atoms with E-state index in [1.807, 2.05) is 43.0 Å². The Morgan fingerprint density at radius 2 is 1.87 bits per heavy atom. The first-order chi connectivity index (χ1) is 10.7. The first kappa shape index (κ1) is 17.3. The maximum atomic E-state index is 12.4. The molecule has 0 unspecified atom stereocenters. The SMILES string of the molecule is COc1ccc(N2C[C@H](C(C)(C)C)N=C2C(=O)OC(C)C)cc1. The van der Waals surface area contributed by atoms with E-state index in [-0.39, 0.29) is 23.5 Å². The fourth-order valence-electron chi connectivity index (χ4n) is 2.40. The van der Waals surface area contributed by atoms with Gasteiger partial charge in [0.15, 0.2) is 0 Å². The molecular weight excluding hydrogens is 292 g/mol. The zero-order valence-corrected chi connectivity index (χ0v) is 14.8. The molecule has 23 heavy (non-hydrogen) atoms. The molecule has 1 aliphatic heterocycles. The number of nitrogens with zero attached hydrogens (tertiary/aromatic N) is 2. The maximum absolute atomic E-state index is 12.4. The number of carbonyl (C=O) groups is 1. The Morgan fingerprint density at radius 3 is 2.35 bits per heavy atom. The smallest absolute Gasteiger partial charge is 0.374 e. The van der Waals surface area contributed by atoms with Crippen molar-refractivity contribution in [1.82, 2.24) is 0 Å². The summed E-state index contributed by atoms with van der Waals surface area (Å²) >= 11 is 0. The Kier molecular flexibility index (Phi) is 4.97. The van der Waals surface area contributed by atoms with E-state index in [0.717, 1.165) is 11.4 Å². The van der Waals surface area contributed by atoms with Crippen LogP contribution in [0.4, 0.5) is 5.69 Å². The molecule has 1 heterocycles. The molecule has 1 aromatic rings. The van der Waals surface area contributed by atoms with Crippen molar-refractivity contribution < 1.29 is 14.3 Å². The number of esters is 1. The zero-order chi connectivity index (χ0) is 17.2. The molecule has 1 aliphatic rings. The lowest BCUT2D eigenvalue weighted by Gasteiger charge is -2.26. The number of rotatable bonds is 4. The molecule has 5 nitrogen and oxygen atoms in total. The van der Waals surface area contributed by atoms with Gasteiger partial charge in [0.2, 0.25) is 5.84 Å². The Balaban J connectivity index is 2.32. The predicted octanol–water partition coefficient (Wildman–Crippen LogP) is 3.28. The van der Waals surface area contributed by atoms with Crippen LogP contribution in [-0.2, 0) is 9.53 Å². The van der Waals surface area contributed by atoms with Gasteiger partial charge in [-0.1, -0.05) is 20.8 Å². The molecule has 0 saturated heterocycles. The van der Waals surface area contributed by atoms with Crippen LogP contribution < -0.4 is 9.64 Å². The molecule has 0 radical (unpaired) electrons. The van der Waals surface area contributed by atoms with Crippen molar-refractivity contribution in [2.45, 2.75) is 46.8 Å². The van der Waals surface area contributed by atoms with Gasteiger partial charge in [-0.2, -0.15) is 0 Å². The molecule has 0 fully saturated rings. The molecule has 126 valence electrons. The topological polar surface area (TPSA) is 51.1 Å². The molecule has 0 amide bonds. The summed E-state index contributed by atoms with van der Waals surface area (Å²) in [6.45, 7) is 10.7. The lowest BCUT2D eigenvalue weighted by Crippen LogP contribution is -2.37. The van der Waals surface area contributed by atoms with Crippen LogP contribution in [0, 0.1) is 5.41 Å². The zero-order valence-electron chi connectivity index (χ0n) is 14.8. The second kappa shape index (κ2) is 6.60. The van der Waals surface area contributed by atoms with Crippen LogP contribution in [0.15, 0.2) is 29.3 Å². The fourth-order valence-corrected chi connectivity index (χ4v) is 2.40. The summed E-state index contributed by atoms with van der Waals surface area (Å²) in [7, 11) is 1.63. The molecule has 2 rings (SSSR count). The number of aliphatic imine (C=N–C) groups is 1. The number of anilines is 1. The van der Waals surface area contributed by atoms with Crippen molar-refractivity contribution in [3.8, 4) is 5.75 Å². The lowest BCUT2D eigenvalue weighted by atomic mass is 9.87. The fraction of sp³-hybridized carbons (Fsp3) is 0.556. The molecule has 5 heteroatoms. The minimum absolute atomic E-state index is 0.0232. The number of ether oxygens (including phenoxy) is 2. The van der Waals surface area contributed by atoms with Gasteiger partial charge in [-0.15, -0.1) is 0 Å². The standard InChI is InChI=1S/C18H26N2O3/c1-12(2)23-17(21)16-19-15(18(3,4)5)11-20(16)13-7-9-14(22-6)10-8-13/h7-10,12,15H,11H2,1-6H3/t15-/m1/s1. The predicted molar refractivity (Wildman–Crippen MR) is 92.2 cm³/mol. The normalized spacial score (nSPS) is 18.1. The number of hydrogen-bond donors (Lipinski definition) is 0. The summed E-state index contributed by atoms with van der Waals surface area (Å²) in [5, 5.41) is 0. The van der Waals surface area contributed by atoms with Gasteiger partial charge < -0.3 is 14.4 Å². The van der Waals surface area contributed by atoms with Crippen molar-refractivity contribution in [3.05, 3.63) is 24.3 Å². The average Bonchev–Trinajstić information content (AvgIpc) is 2.92. The van der Waals surface area contributed by atoms with Crippen LogP contribution in [-0.4, -0.2) is 37.6 Å². The minimum Gasteiger partial charge on any atom is -0.497 e. The van der Waals surface area contributed by atoms with Gasteiger partial charge in [0, 0.05) is 12.2 Å². The number of methoxy groups -OCH3 is 1. The molecule has 1 aromatic carbocycles. The summed E-state index contributed by atoms with van der Waals surface area (Å²) in [5.74, 6) is 0.787. The maximum Gasteiger partial charge on any atom is 0.374 e. The van der Waals surface area contributed by atoms with Crippen molar-refractivity contribution >= 4 is 17.5 Å². The summed E-state index contributed by atoms with van der Waals surface area (Å²) in [6, 6.07) is 7.67. The third kappa shape index (κ3) is 4.03. The van der Waals surface area contributed by atoms with Crippen molar-refractivity contribution in [1.29, 1.82) is 0 Å². The molecule has 0 N–H and O–H groups in total. The minimum atomic E-state index is -0.373. The van der Waals surface area contributed by atoms with Gasteiger partial charge in [-0.3, -0.25) is 4.99 Å². The molecular formula is C18H26N2O3. The number of benzene rings is 1. The molecule has 0 bridgehead atoms. The second-order valence-electron chi connectivity index (χ2n) is 7.10. The van der Waals surface area contributed by atoms with Crippen molar-refractivity contribution in [2.24, 2.45) is 10.4 Å². The van der Waals surface area contributed by atoms with Crippen molar-refractivity contribution in [2.75, 3.05) is 18.6 Å². The van der Waals surface area contributed by atoms with E-state index >= 15 is 0 Å². The van der Waals surface area contributed by atoms with E-state index in [4.69, 9.17) is 9.47 Å². The average molecular weight is 318 g/mol. The van der Waals surface area contributed by atoms with Gasteiger partial charge in [0.25, 0.3) is 0 Å². The van der Waals surface area contributed by atoms with Gasteiger partial charge in [-0.25, -0.2) is 4.79 Å². The summed E-state index contributed by atoms with van der Waals surface area (Å²) in [4.78, 5) is 19.0. The van der Waals surface area contributed by atoms with Crippen LogP contribution >= 0.6 is 0 Å². The highest BCUT2D eigenvalue weighted by Gasteiger charge is 2.37. The van der Waals surface area contributed by atoms with Gasteiger partial charge in [0.1, 0.15) is 5.75 Å². The highest BCUT2D eigenvalue weighted by atomic mass is 16.5. The number of carbonyl (C=O) groups excluding carboxylic acids is 1. The summed E-state index contributed by atoms with van der Waals surface area (Å²) in [6.07, 6.45) is -0.170. The largest absolute Gasteiger partial charge is 0.497 e. The second-order valence-corrected chi connectivity index (χ2v) is 7.10. The van der Waals surface area contributed by atoms with Crippen LogP contribution in [0.2, 0.25) is 0 Å². The van der Waals surface area contributed by atoms with E-state index < -0.39 is 0 Å². The Hall–Kier alpha value is -2.04. The van der Waals surface area contributed by atoms with Crippen LogP contribution in [0.3, 0.4) is 0 Å². The van der Waals surface area contributed by atoms with Crippen LogP contribution in [0.25, 0.3) is 0 Å². The third-order valence-corrected chi connectivity index (χ3v) is 3.80. The molecule has 0 saturated carbocycles. The molecule has 1 atom stereocenters. The van der Waals surface area contributed by atoms with E-state index in [2.05, 4.69) is 25.8 Å². The van der Waals surface area contributed by atoms with Crippen molar-refractivity contribution in [3.63, 3.8) is 0 Å². The monoisotopic (exact) mass is 318 g/mol. The summed E-state index contributed by atoms with van der Waals surface area (Å²) in [5.41, 5.74) is 0.891.